The lowest BCUT2D eigenvalue weighted by Gasteiger charge is -2.19. The fourth-order valence-electron chi connectivity index (χ4n) is 2.09. The monoisotopic (exact) mass is 310 g/mol. The molecule has 0 radical (unpaired) electrons. The molecule has 0 fully saturated rings. The molecule has 0 aliphatic carbocycles. The van der Waals surface area contributed by atoms with Crippen molar-refractivity contribution in [3.8, 4) is 0 Å². The lowest BCUT2D eigenvalue weighted by atomic mass is 9.86. The van der Waals surface area contributed by atoms with E-state index in [1.807, 2.05) is 27.7 Å². The van der Waals surface area contributed by atoms with Crippen LogP contribution in [0, 0.1) is 11.2 Å². The average molecular weight is 310 g/mol. The molecular weight excluding hydrogens is 287 g/mol. The number of rotatable bonds is 6. The Morgan fingerprint density at radius 2 is 1.91 bits per heavy atom. The fraction of sp³-hybridized carbons (Fsp3) is 0.529. The Morgan fingerprint density at radius 1 is 1.27 bits per heavy atom. The van der Waals surface area contributed by atoms with Crippen molar-refractivity contribution in [2.24, 2.45) is 5.41 Å². The Kier molecular flexibility index (Phi) is 6.09. The van der Waals surface area contributed by atoms with Crippen molar-refractivity contribution in [3.05, 3.63) is 34.6 Å². The highest BCUT2D eigenvalue weighted by molar-refractivity contribution is 6.02. The van der Waals surface area contributed by atoms with Gasteiger partial charge in [-0.2, -0.15) is 0 Å². The van der Waals surface area contributed by atoms with Crippen LogP contribution in [0.15, 0.2) is 12.1 Å². The number of hydrogen-bond donors (Lipinski definition) is 1. The van der Waals surface area contributed by atoms with E-state index < -0.39 is 23.3 Å². The Labute approximate surface area is 130 Å². The molecule has 4 nitrogen and oxygen atoms in total. The molecule has 0 heterocycles. The molecule has 122 valence electrons. The summed E-state index contributed by atoms with van der Waals surface area (Å²) in [6.07, 6.45) is 1.90. The first-order valence-electron chi connectivity index (χ1n) is 7.39. The van der Waals surface area contributed by atoms with Gasteiger partial charge in [-0.15, -0.1) is 0 Å². The highest BCUT2D eigenvalue weighted by atomic mass is 19.1. The molecule has 1 rings (SSSR count). The Morgan fingerprint density at radius 3 is 2.41 bits per heavy atom. The SMILES string of the molecule is CCCCOC(=O)c1ccc(CC(C)(C)C)c(F)c1C(=O)O. The number of unbranched alkanes of at least 4 members (excludes halogenated alkanes) is 1. The van der Waals surface area contributed by atoms with Gasteiger partial charge >= 0.3 is 11.9 Å². The summed E-state index contributed by atoms with van der Waals surface area (Å²) in [5.41, 5.74) is -0.753. The molecule has 0 aliphatic rings. The van der Waals surface area contributed by atoms with Crippen molar-refractivity contribution < 1.29 is 23.8 Å². The molecular formula is C17H23FO4. The van der Waals surface area contributed by atoms with Gasteiger partial charge in [0.15, 0.2) is 0 Å². The molecule has 0 unspecified atom stereocenters. The third-order valence-electron chi connectivity index (χ3n) is 3.11. The smallest absolute Gasteiger partial charge is 0.339 e. The van der Waals surface area contributed by atoms with Crippen LogP contribution in [0.4, 0.5) is 4.39 Å². The number of hydrogen-bond acceptors (Lipinski definition) is 3. The first-order chi connectivity index (χ1) is 10.2. The minimum atomic E-state index is -1.46. The maximum absolute atomic E-state index is 14.5. The summed E-state index contributed by atoms with van der Waals surface area (Å²) in [7, 11) is 0. The zero-order chi connectivity index (χ0) is 16.9. The van der Waals surface area contributed by atoms with Crippen LogP contribution in [0.1, 0.15) is 66.8 Å². The largest absolute Gasteiger partial charge is 0.478 e. The molecule has 22 heavy (non-hydrogen) atoms. The van der Waals surface area contributed by atoms with Gasteiger partial charge in [0, 0.05) is 0 Å². The van der Waals surface area contributed by atoms with Crippen LogP contribution in [0.3, 0.4) is 0 Å². The first kappa shape index (κ1) is 18.1. The molecule has 5 heteroatoms. The van der Waals surface area contributed by atoms with Crippen LogP contribution in [0.25, 0.3) is 0 Å². The molecule has 0 spiro atoms. The van der Waals surface area contributed by atoms with Crippen molar-refractivity contribution in [1.29, 1.82) is 0 Å². The minimum Gasteiger partial charge on any atom is -0.478 e. The summed E-state index contributed by atoms with van der Waals surface area (Å²) < 4.78 is 19.5. The number of benzene rings is 1. The number of carboxylic acids is 1. The van der Waals surface area contributed by atoms with E-state index in [4.69, 9.17) is 4.74 Å². The summed E-state index contributed by atoms with van der Waals surface area (Å²) in [5.74, 6) is -3.12. The number of ether oxygens (including phenoxy) is 1. The van der Waals surface area contributed by atoms with Crippen molar-refractivity contribution in [1.82, 2.24) is 0 Å². The number of carbonyl (C=O) groups excluding carboxylic acids is 1. The molecule has 1 N–H and O–H groups in total. The quantitative estimate of drug-likeness (QED) is 0.635. The van der Waals surface area contributed by atoms with Gasteiger partial charge in [0.1, 0.15) is 11.4 Å². The van der Waals surface area contributed by atoms with E-state index in [1.165, 1.54) is 12.1 Å². The number of esters is 1. The van der Waals surface area contributed by atoms with E-state index in [1.54, 1.807) is 0 Å². The minimum absolute atomic E-state index is 0.194. The third-order valence-corrected chi connectivity index (χ3v) is 3.11. The Hall–Kier alpha value is -1.91. The second-order valence-electron chi connectivity index (χ2n) is 6.49. The van der Waals surface area contributed by atoms with Gasteiger partial charge in [0.2, 0.25) is 0 Å². The van der Waals surface area contributed by atoms with Gasteiger partial charge in [-0.05, 0) is 29.9 Å². The highest BCUT2D eigenvalue weighted by Crippen LogP contribution is 2.26. The lowest BCUT2D eigenvalue weighted by molar-refractivity contribution is 0.0488. The van der Waals surface area contributed by atoms with E-state index in [9.17, 15) is 19.1 Å². The summed E-state index contributed by atoms with van der Waals surface area (Å²) in [6.45, 7) is 7.93. The number of carboxylic acid groups (broad SMARTS) is 1. The molecule has 0 saturated carbocycles. The molecule has 0 atom stereocenters. The fourth-order valence-corrected chi connectivity index (χ4v) is 2.09. The van der Waals surface area contributed by atoms with Gasteiger partial charge < -0.3 is 9.84 Å². The van der Waals surface area contributed by atoms with Crippen LogP contribution in [-0.4, -0.2) is 23.7 Å². The van der Waals surface area contributed by atoms with Gasteiger partial charge in [-0.3, -0.25) is 0 Å². The van der Waals surface area contributed by atoms with Crippen LogP contribution in [-0.2, 0) is 11.2 Å². The van der Waals surface area contributed by atoms with Crippen molar-refractivity contribution in [2.75, 3.05) is 6.61 Å². The molecule has 1 aromatic carbocycles. The van der Waals surface area contributed by atoms with Crippen molar-refractivity contribution in [2.45, 2.75) is 47.0 Å². The molecule has 0 saturated heterocycles. The van der Waals surface area contributed by atoms with E-state index >= 15 is 0 Å². The lowest BCUT2D eigenvalue weighted by Crippen LogP contribution is -2.18. The second kappa shape index (κ2) is 7.38. The molecule has 1 aromatic rings. The maximum Gasteiger partial charge on any atom is 0.339 e. The zero-order valence-electron chi connectivity index (χ0n) is 13.5. The van der Waals surface area contributed by atoms with Gasteiger partial charge in [-0.1, -0.05) is 40.2 Å². The van der Waals surface area contributed by atoms with Crippen LogP contribution >= 0.6 is 0 Å². The van der Waals surface area contributed by atoms with Crippen LogP contribution < -0.4 is 0 Å². The van der Waals surface area contributed by atoms with E-state index in [0.717, 1.165) is 6.42 Å². The van der Waals surface area contributed by atoms with E-state index in [0.29, 0.717) is 12.8 Å². The Bertz CT molecular complexity index is 559. The van der Waals surface area contributed by atoms with Gasteiger partial charge in [-0.25, -0.2) is 14.0 Å². The van der Waals surface area contributed by atoms with Gasteiger partial charge in [0.25, 0.3) is 0 Å². The van der Waals surface area contributed by atoms with E-state index in [-0.39, 0.29) is 23.1 Å². The zero-order valence-corrected chi connectivity index (χ0v) is 13.5. The van der Waals surface area contributed by atoms with Gasteiger partial charge in [0.05, 0.1) is 12.2 Å². The topological polar surface area (TPSA) is 63.6 Å². The number of halogens is 1. The molecule has 0 bridgehead atoms. The second-order valence-corrected chi connectivity index (χ2v) is 6.49. The van der Waals surface area contributed by atoms with Crippen LogP contribution in [0.2, 0.25) is 0 Å². The third kappa shape index (κ3) is 4.83. The highest BCUT2D eigenvalue weighted by Gasteiger charge is 2.26. The van der Waals surface area contributed by atoms with Crippen molar-refractivity contribution >= 4 is 11.9 Å². The van der Waals surface area contributed by atoms with E-state index in [2.05, 4.69) is 0 Å². The number of carbonyl (C=O) groups is 2. The van der Waals surface area contributed by atoms with Crippen LogP contribution in [0.5, 0.6) is 0 Å². The summed E-state index contributed by atoms with van der Waals surface area (Å²) in [4.78, 5) is 23.3. The standard InChI is InChI=1S/C17H23FO4/c1-5-6-9-22-16(21)12-8-7-11(10-17(2,3)4)14(18)13(12)15(19)20/h7-8H,5-6,9-10H2,1-4H3,(H,19,20). The maximum atomic E-state index is 14.5. The molecule has 0 aromatic heterocycles. The molecule has 0 amide bonds. The first-order valence-corrected chi connectivity index (χ1v) is 7.39. The predicted octanol–water partition coefficient (Wildman–Crippen LogP) is 4.07. The summed E-state index contributed by atoms with van der Waals surface area (Å²) in [5, 5.41) is 9.24. The number of aromatic carboxylic acids is 1. The predicted molar refractivity (Wildman–Crippen MR) is 81.7 cm³/mol. The molecule has 0 aliphatic heterocycles. The summed E-state index contributed by atoms with van der Waals surface area (Å²) >= 11 is 0. The normalized spacial score (nSPS) is 11.3. The Balaban J connectivity index is 3.17. The average Bonchev–Trinajstić information content (AvgIpc) is 2.39. The van der Waals surface area contributed by atoms with Crippen molar-refractivity contribution in [3.63, 3.8) is 0 Å². The summed E-state index contributed by atoms with van der Waals surface area (Å²) in [6, 6.07) is 2.80.